The Kier molecular flexibility index (Phi) is 4.20. The number of rotatable bonds is 4. The maximum absolute atomic E-state index is 9.89. The minimum Gasteiger partial charge on any atom is -0.467 e. The second kappa shape index (κ2) is 5.67. The highest BCUT2D eigenvalue weighted by atomic mass is 16.4. The van der Waals surface area contributed by atoms with Gasteiger partial charge >= 0.3 is 0 Å². The average Bonchev–Trinajstić information content (AvgIpc) is 2.84. The fourth-order valence-electron chi connectivity index (χ4n) is 2.33. The lowest BCUT2D eigenvalue weighted by atomic mass is 9.99. The standard InChI is InChI=1S/C13H22N2O2/c1-10-8-11(5-6-15(10)2)14-9-12(16)13-4-3-7-17-13/h3-4,7,10-12,14,16H,5-6,8-9H2,1-2H3. The number of furan rings is 1. The molecule has 3 unspecified atom stereocenters. The van der Waals surface area contributed by atoms with Crippen LogP contribution in [0.25, 0.3) is 0 Å². The van der Waals surface area contributed by atoms with E-state index in [0.717, 1.165) is 19.4 Å². The van der Waals surface area contributed by atoms with Crippen LogP contribution in [0.15, 0.2) is 22.8 Å². The van der Waals surface area contributed by atoms with Crippen LogP contribution in [0.5, 0.6) is 0 Å². The molecule has 0 amide bonds. The number of aliphatic hydroxyl groups is 1. The van der Waals surface area contributed by atoms with Gasteiger partial charge < -0.3 is 19.7 Å². The van der Waals surface area contributed by atoms with Crippen LogP contribution >= 0.6 is 0 Å². The van der Waals surface area contributed by atoms with Crippen molar-refractivity contribution in [2.24, 2.45) is 0 Å². The Balaban J connectivity index is 1.75. The third-order valence-electron chi connectivity index (χ3n) is 3.68. The molecule has 0 spiro atoms. The molecule has 0 radical (unpaired) electrons. The summed E-state index contributed by atoms with van der Waals surface area (Å²) in [6.45, 7) is 3.93. The van der Waals surface area contributed by atoms with Gasteiger partial charge in [0.1, 0.15) is 11.9 Å². The van der Waals surface area contributed by atoms with E-state index in [1.54, 1.807) is 12.3 Å². The maximum atomic E-state index is 9.89. The Bertz CT molecular complexity index is 326. The Hall–Kier alpha value is -0.840. The molecule has 1 saturated heterocycles. The van der Waals surface area contributed by atoms with Gasteiger partial charge in [-0.05, 0) is 45.5 Å². The third-order valence-corrected chi connectivity index (χ3v) is 3.68. The predicted molar refractivity (Wildman–Crippen MR) is 66.8 cm³/mol. The Morgan fingerprint density at radius 3 is 3.12 bits per heavy atom. The second-order valence-electron chi connectivity index (χ2n) is 4.99. The van der Waals surface area contributed by atoms with E-state index in [9.17, 15) is 5.11 Å². The van der Waals surface area contributed by atoms with Crippen molar-refractivity contribution >= 4 is 0 Å². The van der Waals surface area contributed by atoms with Gasteiger partial charge in [-0.25, -0.2) is 0 Å². The summed E-state index contributed by atoms with van der Waals surface area (Å²) in [5, 5.41) is 13.3. The molecule has 1 aromatic rings. The molecule has 4 heteroatoms. The highest BCUT2D eigenvalue weighted by molar-refractivity contribution is 5.02. The molecule has 1 aliphatic heterocycles. The molecule has 1 aromatic heterocycles. The molecule has 1 fully saturated rings. The molecule has 4 nitrogen and oxygen atoms in total. The van der Waals surface area contributed by atoms with E-state index in [1.165, 1.54) is 0 Å². The smallest absolute Gasteiger partial charge is 0.133 e. The zero-order chi connectivity index (χ0) is 12.3. The summed E-state index contributed by atoms with van der Waals surface area (Å²) in [6.07, 6.45) is 3.34. The number of hydrogen-bond acceptors (Lipinski definition) is 4. The van der Waals surface area contributed by atoms with Gasteiger partial charge in [0.05, 0.1) is 6.26 Å². The maximum Gasteiger partial charge on any atom is 0.133 e. The van der Waals surface area contributed by atoms with Crippen molar-refractivity contribution in [3.63, 3.8) is 0 Å². The van der Waals surface area contributed by atoms with E-state index in [1.807, 2.05) is 6.07 Å². The molecule has 0 aromatic carbocycles. The van der Waals surface area contributed by atoms with Crippen LogP contribution in [0, 0.1) is 0 Å². The first-order valence-electron chi connectivity index (χ1n) is 6.32. The molecule has 3 atom stereocenters. The van der Waals surface area contributed by atoms with E-state index in [4.69, 9.17) is 4.42 Å². The number of likely N-dealkylation sites (tertiary alicyclic amines) is 1. The Morgan fingerprint density at radius 1 is 1.65 bits per heavy atom. The molecule has 17 heavy (non-hydrogen) atoms. The SMILES string of the molecule is CC1CC(NCC(O)c2ccco2)CCN1C. The summed E-state index contributed by atoms with van der Waals surface area (Å²) < 4.78 is 5.18. The largest absolute Gasteiger partial charge is 0.467 e. The van der Waals surface area contributed by atoms with Gasteiger partial charge in [-0.1, -0.05) is 0 Å². The van der Waals surface area contributed by atoms with Crippen LogP contribution in [0.1, 0.15) is 31.6 Å². The van der Waals surface area contributed by atoms with E-state index < -0.39 is 6.10 Å². The van der Waals surface area contributed by atoms with E-state index in [2.05, 4.69) is 24.2 Å². The average molecular weight is 238 g/mol. The highest BCUT2D eigenvalue weighted by Gasteiger charge is 2.23. The van der Waals surface area contributed by atoms with Gasteiger partial charge in [-0.3, -0.25) is 0 Å². The molecule has 0 aliphatic carbocycles. The summed E-state index contributed by atoms with van der Waals surface area (Å²) in [7, 11) is 2.17. The highest BCUT2D eigenvalue weighted by Crippen LogP contribution is 2.17. The molecule has 2 N–H and O–H groups in total. The van der Waals surface area contributed by atoms with Crippen LogP contribution < -0.4 is 5.32 Å². The normalized spacial score (nSPS) is 28.2. The van der Waals surface area contributed by atoms with Gasteiger partial charge in [-0.15, -0.1) is 0 Å². The van der Waals surface area contributed by atoms with Crippen molar-refractivity contribution in [3.8, 4) is 0 Å². The summed E-state index contributed by atoms with van der Waals surface area (Å²) in [5.41, 5.74) is 0. The molecule has 2 rings (SSSR count). The van der Waals surface area contributed by atoms with Crippen molar-refractivity contribution < 1.29 is 9.52 Å². The Labute approximate surface area is 103 Å². The first kappa shape index (κ1) is 12.6. The van der Waals surface area contributed by atoms with Crippen molar-refractivity contribution in [1.82, 2.24) is 10.2 Å². The number of hydrogen-bond donors (Lipinski definition) is 2. The monoisotopic (exact) mass is 238 g/mol. The predicted octanol–water partition coefficient (Wildman–Crippen LogP) is 1.39. The molecular weight excluding hydrogens is 216 g/mol. The molecular formula is C13H22N2O2. The topological polar surface area (TPSA) is 48.6 Å². The Morgan fingerprint density at radius 2 is 2.47 bits per heavy atom. The summed E-state index contributed by atoms with van der Waals surface area (Å²) >= 11 is 0. The van der Waals surface area contributed by atoms with Crippen molar-refractivity contribution in [1.29, 1.82) is 0 Å². The van der Waals surface area contributed by atoms with Crippen molar-refractivity contribution in [2.75, 3.05) is 20.1 Å². The van der Waals surface area contributed by atoms with Crippen molar-refractivity contribution in [3.05, 3.63) is 24.2 Å². The first-order chi connectivity index (χ1) is 8.16. The van der Waals surface area contributed by atoms with Crippen LogP contribution in [0.3, 0.4) is 0 Å². The minimum atomic E-state index is -0.542. The number of piperidine rings is 1. The summed E-state index contributed by atoms with van der Waals surface area (Å²) in [4.78, 5) is 2.38. The minimum absolute atomic E-state index is 0.505. The number of nitrogens with one attached hydrogen (secondary N) is 1. The fourth-order valence-corrected chi connectivity index (χ4v) is 2.33. The zero-order valence-corrected chi connectivity index (χ0v) is 10.6. The van der Waals surface area contributed by atoms with Crippen molar-refractivity contribution in [2.45, 2.75) is 38.0 Å². The summed E-state index contributed by atoms with van der Waals surface area (Å²) in [6, 6.07) is 4.73. The lowest BCUT2D eigenvalue weighted by molar-refractivity contribution is 0.124. The van der Waals surface area contributed by atoms with Gasteiger partial charge in [0.2, 0.25) is 0 Å². The third kappa shape index (κ3) is 3.31. The molecule has 0 saturated carbocycles. The van der Waals surface area contributed by atoms with Gasteiger partial charge in [0.15, 0.2) is 0 Å². The van der Waals surface area contributed by atoms with Crippen LogP contribution in [-0.2, 0) is 0 Å². The van der Waals surface area contributed by atoms with Crippen LogP contribution in [0.2, 0.25) is 0 Å². The lowest BCUT2D eigenvalue weighted by Gasteiger charge is -2.35. The molecule has 1 aliphatic rings. The molecule has 0 bridgehead atoms. The van der Waals surface area contributed by atoms with E-state index >= 15 is 0 Å². The number of nitrogens with zero attached hydrogens (tertiary/aromatic N) is 1. The van der Waals surface area contributed by atoms with Crippen LogP contribution in [0.4, 0.5) is 0 Å². The van der Waals surface area contributed by atoms with E-state index in [0.29, 0.717) is 24.4 Å². The lowest BCUT2D eigenvalue weighted by Crippen LogP contribution is -2.46. The number of aliphatic hydroxyl groups excluding tert-OH is 1. The zero-order valence-electron chi connectivity index (χ0n) is 10.6. The van der Waals surface area contributed by atoms with E-state index in [-0.39, 0.29) is 0 Å². The van der Waals surface area contributed by atoms with Gasteiger partial charge in [0.25, 0.3) is 0 Å². The fraction of sp³-hybridized carbons (Fsp3) is 0.692. The second-order valence-corrected chi connectivity index (χ2v) is 4.99. The molecule has 96 valence electrons. The quantitative estimate of drug-likeness (QED) is 0.832. The van der Waals surface area contributed by atoms with Crippen LogP contribution in [-0.4, -0.2) is 42.2 Å². The first-order valence-corrected chi connectivity index (χ1v) is 6.32. The summed E-state index contributed by atoms with van der Waals surface area (Å²) in [5.74, 6) is 0.637. The van der Waals surface area contributed by atoms with Gasteiger partial charge in [0, 0.05) is 18.6 Å². The molecule has 2 heterocycles. The van der Waals surface area contributed by atoms with Gasteiger partial charge in [-0.2, -0.15) is 0 Å².